The average Bonchev–Trinajstić information content (AvgIpc) is 3.39. The number of carbonyl (C=O) groups excluding carboxylic acids is 1. The lowest BCUT2D eigenvalue weighted by molar-refractivity contribution is -0.135. The van der Waals surface area contributed by atoms with E-state index >= 15 is 0 Å². The number of aromatic nitrogens is 1. The molecular weight excluding hydrogens is 568 g/mol. The standard InChI is InChI=1S/C28H27BrN4O6/c1-17-26(29)22(15-35-3)21(13-30)27(31-17)38-16-25-32-33(18(2)34)28(39-25)20-10-11-23(24(12-20)36-4)37-14-19-8-6-5-7-9-19/h5-12,28H,14-16H2,1-4H3. The molecule has 2 heterocycles. The van der Waals surface area contributed by atoms with Crippen molar-refractivity contribution < 1.29 is 28.5 Å². The average molecular weight is 595 g/mol. The molecule has 0 saturated carbocycles. The molecule has 1 unspecified atom stereocenters. The summed E-state index contributed by atoms with van der Waals surface area (Å²) in [5.74, 6) is 0.985. The van der Waals surface area contributed by atoms with Gasteiger partial charge >= 0.3 is 0 Å². The summed E-state index contributed by atoms with van der Waals surface area (Å²) >= 11 is 3.46. The number of aryl methyl sites for hydroxylation is 1. The second-order valence-corrected chi connectivity index (χ2v) is 9.31. The smallest absolute Gasteiger partial charge is 0.247 e. The molecule has 1 aromatic heterocycles. The molecule has 0 bridgehead atoms. The number of methoxy groups -OCH3 is 2. The van der Waals surface area contributed by atoms with Crippen molar-refractivity contribution >= 4 is 27.7 Å². The fourth-order valence-electron chi connectivity index (χ4n) is 3.92. The lowest BCUT2D eigenvalue weighted by Gasteiger charge is -2.21. The van der Waals surface area contributed by atoms with Crippen LogP contribution in [-0.4, -0.2) is 42.6 Å². The maximum absolute atomic E-state index is 12.4. The summed E-state index contributed by atoms with van der Waals surface area (Å²) in [4.78, 5) is 16.8. The first-order valence-corrected chi connectivity index (χ1v) is 12.7. The highest BCUT2D eigenvalue weighted by atomic mass is 79.9. The molecule has 0 saturated heterocycles. The van der Waals surface area contributed by atoms with E-state index in [2.05, 4.69) is 32.1 Å². The van der Waals surface area contributed by atoms with Crippen LogP contribution in [0, 0.1) is 18.3 Å². The molecule has 2 aromatic carbocycles. The number of halogens is 1. The Kier molecular flexibility index (Phi) is 9.01. The monoisotopic (exact) mass is 594 g/mol. The number of hydrogen-bond donors (Lipinski definition) is 0. The highest BCUT2D eigenvalue weighted by Crippen LogP contribution is 2.36. The maximum atomic E-state index is 12.4. The van der Waals surface area contributed by atoms with Crippen molar-refractivity contribution in [1.29, 1.82) is 5.26 Å². The Morgan fingerprint density at radius 2 is 1.87 bits per heavy atom. The Balaban J connectivity index is 1.51. The molecule has 39 heavy (non-hydrogen) atoms. The number of pyridine rings is 1. The van der Waals surface area contributed by atoms with Crippen LogP contribution in [-0.2, 0) is 27.5 Å². The molecule has 4 rings (SSSR count). The zero-order valence-electron chi connectivity index (χ0n) is 21.9. The van der Waals surface area contributed by atoms with Crippen molar-refractivity contribution in [3.05, 3.63) is 81.0 Å². The minimum Gasteiger partial charge on any atom is -0.493 e. The van der Waals surface area contributed by atoms with Crippen molar-refractivity contribution in [2.45, 2.75) is 33.3 Å². The van der Waals surface area contributed by atoms with Gasteiger partial charge in [-0.3, -0.25) is 4.79 Å². The lowest BCUT2D eigenvalue weighted by Crippen LogP contribution is -2.25. The maximum Gasteiger partial charge on any atom is 0.247 e. The number of rotatable bonds is 10. The van der Waals surface area contributed by atoms with Crippen LogP contribution in [0.4, 0.5) is 0 Å². The van der Waals surface area contributed by atoms with Crippen molar-refractivity contribution in [3.8, 4) is 23.4 Å². The van der Waals surface area contributed by atoms with Crippen LogP contribution in [0.2, 0.25) is 0 Å². The number of nitriles is 1. The third kappa shape index (κ3) is 6.30. The van der Waals surface area contributed by atoms with E-state index in [1.54, 1.807) is 39.3 Å². The van der Waals surface area contributed by atoms with Gasteiger partial charge in [-0.2, -0.15) is 10.3 Å². The van der Waals surface area contributed by atoms with Crippen molar-refractivity contribution in [2.75, 3.05) is 20.8 Å². The summed E-state index contributed by atoms with van der Waals surface area (Å²) < 4.78 is 29.2. The number of carbonyl (C=O) groups is 1. The van der Waals surface area contributed by atoms with Gasteiger partial charge in [0.15, 0.2) is 18.1 Å². The lowest BCUT2D eigenvalue weighted by atomic mass is 10.1. The molecule has 0 spiro atoms. The highest BCUT2D eigenvalue weighted by Gasteiger charge is 2.33. The van der Waals surface area contributed by atoms with E-state index in [0.717, 1.165) is 5.56 Å². The van der Waals surface area contributed by atoms with Crippen LogP contribution in [0.25, 0.3) is 0 Å². The molecule has 202 valence electrons. The van der Waals surface area contributed by atoms with Crippen molar-refractivity contribution in [2.24, 2.45) is 5.10 Å². The van der Waals surface area contributed by atoms with Gasteiger partial charge in [-0.25, -0.2) is 4.98 Å². The fourth-order valence-corrected chi connectivity index (χ4v) is 4.32. The van der Waals surface area contributed by atoms with Crippen LogP contribution in [0.5, 0.6) is 17.4 Å². The largest absolute Gasteiger partial charge is 0.493 e. The van der Waals surface area contributed by atoms with Gasteiger partial charge in [0.2, 0.25) is 23.9 Å². The Morgan fingerprint density at radius 3 is 2.54 bits per heavy atom. The minimum atomic E-state index is -0.836. The molecule has 0 N–H and O–H groups in total. The molecule has 1 amide bonds. The normalized spacial score (nSPS) is 14.3. The van der Waals surface area contributed by atoms with Crippen LogP contribution in [0.15, 0.2) is 58.1 Å². The number of nitrogens with zero attached hydrogens (tertiary/aromatic N) is 4. The third-order valence-electron chi connectivity index (χ3n) is 5.82. The first-order chi connectivity index (χ1) is 18.9. The Bertz CT molecular complexity index is 1420. The van der Waals surface area contributed by atoms with Crippen LogP contribution < -0.4 is 14.2 Å². The van der Waals surface area contributed by atoms with E-state index in [0.29, 0.717) is 39.4 Å². The van der Waals surface area contributed by atoms with Gasteiger partial charge < -0.3 is 23.7 Å². The van der Waals surface area contributed by atoms with E-state index < -0.39 is 6.23 Å². The second kappa shape index (κ2) is 12.6. The van der Waals surface area contributed by atoms with Gasteiger partial charge in [-0.05, 0) is 46.6 Å². The van der Waals surface area contributed by atoms with Crippen LogP contribution in [0.1, 0.15) is 41.1 Å². The molecule has 3 aromatic rings. The number of hydrogen-bond acceptors (Lipinski definition) is 9. The van der Waals surface area contributed by atoms with Gasteiger partial charge in [0.05, 0.1) is 19.4 Å². The van der Waals surface area contributed by atoms with E-state index in [1.807, 2.05) is 30.3 Å². The number of amides is 1. The second-order valence-electron chi connectivity index (χ2n) is 8.52. The van der Waals surface area contributed by atoms with Gasteiger partial charge in [-0.15, -0.1) is 5.10 Å². The molecular formula is C28H27BrN4O6. The van der Waals surface area contributed by atoms with Gasteiger partial charge in [0, 0.05) is 29.6 Å². The molecule has 11 heteroatoms. The summed E-state index contributed by atoms with van der Waals surface area (Å²) in [6, 6.07) is 17.2. The number of ether oxygens (including phenoxy) is 5. The summed E-state index contributed by atoms with van der Waals surface area (Å²) in [5.41, 5.74) is 3.15. The zero-order valence-corrected chi connectivity index (χ0v) is 23.5. The molecule has 10 nitrogen and oxygen atoms in total. The van der Waals surface area contributed by atoms with E-state index in [1.165, 1.54) is 11.9 Å². The molecule has 1 aliphatic heterocycles. The zero-order chi connectivity index (χ0) is 27.9. The van der Waals surface area contributed by atoms with Gasteiger partial charge in [0.25, 0.3) is 0 Å². The summed E-state index contributed by atoms with van der Waals surface area (Å²) in [6.07, 6.45) is -0.836. The first kappa shape index (κ1) is 27.9. The Hall–Kier alpha value is -4.14. The molecule has 1 atom stereocenters. The highest BCUT2D eigenvalue weighted by molar-refractivity contribution is 9.10. The first-order valence-electron chi connectivity index (χ1n) is 12.0. The minimum absolute atomic E-state index is 0.121. The molecule has 0 radical (unpaired) electrons. The quantitative estimate of drug-likeness (QED) is 0.321. The van der Waals surface area contributed by atoms with E-state index in [-0.39, 0.29) is 36.5 Å². The van der Waals surface area contributed by atoms with Crippen molar-refractivity contribution in [1.82, 2.24) is 9.99 Å². The van der Waals surface area contributed by atoms with Crippen LogP contribution in [0.3, 0.4) is 0 Å². The van der Waals surface area contributed by atoms with E-state index in [9.17, 15) is 10.1 Å². The summed E-state index contributed by atoms with van der Waals surface area (Å²) in [6.45, 7) is 3.61. The molecule has 1 aliphatic rings. The summed E-state index contributed by atoms with van der Waals surface area (Å²) in [7, 11) is 3.08. The SMILES string of the molecule is COCc1c(Br)c(C)nc(OCC2=NN(C(C)=O)C(c3ccc(OCc4ccccc4)c(OC)c3)O2)c1C#N. The number of benzene rings is 2. The third-order valence-corrected chi connectivity index (χ3v) is 6.87. The van der Waals surface area contributed by atoms with Crippen molar-refractivity contribution in [3.63, 3.8) is 0 Å². The summed E-state index contributed by atoms with van der Waals surface area (Å²) in [5, 5.41) is 15.3. The van der Waals surface area contributed by atoms with E-state index in [4.69, 9.17) is 23.7 Å². The van der Waals surface area contributed by atoms with Crippen LogP contribution >= 0.6 is 15.9 Å². The predicted molar refractivity (Wildman–Crippen MR) is 145 cm³/mol. The predicted octanol–water partition coefficient (Wildman–Crippen LogP) is 5.03. The molecule has 0 fully saturated rings. The topological polar surface area (TPSA) is 116 Å². The van der Waals surface area contributed by atoms with Gasteiger partial charge in [0.1, 0.15) is 18.2 Å². The Morgan fingerprint density at radius 1 is 1.10 bits per heavy atom. The molecule has 0 aliphatic carbocycles. The number of hydrazone groups is 1. The Labute approximate surface area is 234 Å². The van der Waals surface area contributed by atoms with Gasteiger partial charge in [-0.1, -0.05) is 30.3 Å². The fraction of sp³-hybridized carbons (Fsp3) is 0.286.